The van der Waals surface area contributed by atoms with E-state index in [2.05, 4.69) is 5.34 Å². The van der Waals surface area contributed by atoms with Crippen molar-refractivity contribution in [2.75, 3.05) is 13.2 Å². The molecule has 0 atom stereocenters. The molecule has 0 rings (SSSR count). The van der Waals surface area contributed by atoms with Crippen LogP contribution in [0.5, 0.6) is 0 Å². The Morgan fingerprint density at radius 2 is 1.78 bits per heavy atom. The summed E-state index contributed by atoms with van der Waals surface area (Å²) in [5.41, 5.74) is 0. The third-order valence-corrected chi connectivity index (χ3v) is 0.772. The van der Waals surface area contributed by atoms with E-state index in [4.69, 9.17) is 15.2 Å². The second-order valence-corrected chi connectivity index (χ2v) is 1.41. The van der Waals surface area contributed by atoms with E-state index < -0.39 is 7.25 Å². The number of hydrazine groups is 1. The molecule has 0 aliphatic rings. The first-order valence-electron chi connectivity index (χ1n) is 3.04. The molecule has 4 nitrogen and oxygen atoms in total. The molecule has 0 spiro atoms. The molecule has 0 aliphatic heterocycles. The maximum atomic E-state index is 5.04. The average molecular weight is 132 g/mol. The first-order chi connectivity index (χ1) is 4.35. The topological polar surface area (TPSA) is 56.5 Å². The fraction of sp³-hybridized carbons (Fsp3) is 1.00. The zero-order valence-electron chi connectivity index (χ0n) is 5.89. The number of nitrogens with one attached hydrogen (secondary N) is 1. The van der Waals surface area contributed by atoms with Crippen LogP contribution in [0.1, 0.15) is 13.8 Å². The number of rotatable bonds is 5. The fourth-order valence-electron chi connectivity index (χ4n) is 0.447. The van der Waals surface area contributed by atoms with Gasteiger partial charge in [-0.25, -0.2) is 5.34 Å². The van der Waals surface area contributed by atoms with Crippen LogP contribution in [0.3, 0.4) is 0 Å². The van der Waals surface area contributed by atoms with Crippen LogP contribution in [-0.2, 0) is 9.31 Å². The van der Waals surface area contributed by atoms with Crippen LogP contribution in [0.4, 0.5) is 0 Å². The Morgan fingerprint density at radius 1 is 1.33 bits per heavy atom. The van der Waals surface area contributed by atoms with Gasteiger partial charge in [0, 0.05) is 13.2 Å². The Morgan fingerprint density at radius 3 is 2.00 bits per heavy atom. The fourth-order valence-corrected chi connectivity index (χ4v) is 0.447. The largest absolute Gasteiger partial charge is 0.568 e. The molecule has 0 saturated carbocycles. The maximum absolute atomic E-state index is 5.04. The third-order valence-electron chi connectivity index (χ3n) is 0.772. The summed E-state index contributed by atoms with van der Waals surface area (Å²) in [5.74, 6) is 5.04. The maximum Gasteiger partial charge on any atom is 0.568 e. The van der Waals surface area contributed by atoms with Crippen LogP contribution in [0.25, 0.3) is 0 Å². The molecular formula is C4H13BN2O2. The van der Waals surface area contributed by atoms with E-state index in [1.54, 1.807) is 0 Å². The first-order valence-corrected chi connectivity index (χ1v) is 3.04. The highest BCUT2D eigenvalue weighted by Crippen LogP contribution is 1.81. The molecule has 0 saturated heterocycles. The lowest BCUT2D eigenvalue weighted by atomic mass is 10.1. The van der Waals surface area contributed by atoms with Gasteiger partial charge in [0.1, 0.15) is 0 Å². The Bertz CT molecular complexity index is 58.5. The van der Waals surface area contributed by atoms with Gasteiger partial charge in [0.2, 0.25) is 0 Å². The second-order valence-electron chi connectivity index (χ2n) is 1.41. The van der Waals surface area contributed by atoms with Gasteiger partial charge in [-0.3, -0.25) is 5.84 Å². The zero-order valence-corrected chi connectivity index (χ0v) is 5.89. The molecular weight excluding hydrogens is 119 g/mol. The lowest BCUT2D eigenvalue weighted by Gasteiger charge is -2.08. The summed E-state index contributed by atoms with van der Waals surface area (Å²) in [6.45, 7) is 4.94. The summed E-state index contributed by atoms with van der Waals surface area (Å²) in [6, 6.07) is 0. The lowest BCUT2D eigenvalue weighted by molar-refractivity contribution is 0.203. The summed E-state index contributed by atoms with van der Waals surface area (Å²) in [6.07, 6.45) is 0. The lowest BCUT2D eigenvalue weighted by Crippen LogP contribution is -2.44. The van der Waals surface area contributed by atoms with Crippen LogP contribution < -0.4 is 11.2 Å². The van der Waals surface area contributed by atoms with E-state index in [0.29, 0.717) is 13.2 Å². The predicted molar refractivity (Wildman–Crippen MR) is 36.3 cm³/mol. The molecule has 0 aromatic rings. The highest BCUT2D eigenvalue weighted by molar-refractivity contribution is 6.40. The standard InChI is InChI=1S/C4H13BN2O2/c1-3-8-5(7-6)9-4-2/h7H,3-4,6H2,1-2H3. The number of nitrogens with two attached hydrogens (primary N) is 1. The minimum Gasteiger partial charge on any atom is -0.397 e. The molecule has 0 amide bonds. The number of hydrogen-bond donors (Lipinski definition) is 2. The minimum absolute atomic E-state index is 0.458. The van der Waals surface area contributed by atoms with Gasteiger partial charge in [0.25, 0.3) is 0 Å². The van der Waals surface area contributed by atoms with E-state index in [1.807, 2.05) is 13.8 Å². The summed E-state index contributed by atoms with van der Waals surface area (Å²) < 4.78 is 9.95. The van der Waals surface area contributed by atoms with E-state index in [-0.39, 0.29) is 0 Å². The van der Waals surface area contributed by atoms with E-state index in [1.165, 1.54) is 0 Å². The van der Waals surface area contributed by atoms with Gasteiger partial charge in [-0.2, -0.15) is 0 Å². The normalized spacial score (nSPS) is 9.67. The minimum atomic E-state index is -0.458. The van der Waals surface area contributed by atoms with Crippen molar-refractivity contribution in [2.24, 2.45) is 5.84 Å². The molecule has 0 aromatic heterocycles. The molecule has 3 N–H and O–H groups in total. The quantitative estimate of drug-likeness (QED) is 0.301. The highest BCUT2D eigenvalue weighted by Gasteiger charge is 2.13. The van der Waals surface area contributed by atoms with Crippen molar-refractivity contribution in [3.05, 3.63) is 0 Å². The smallest absolute Gasteiger partial charge is 0.397 e. The van der Waals surface area contributed by atoms with Crippen LogP contribution in [-0.4, -0.2) is 20.5 Å². The van der Waals surface area contributed by atoms with Crippen LogP contribution in [0.15, 0.2) is 0 Å². The van der Waals surface area contributed by atoms with Gasteiger partial charge in [-0.15, -0.1) is 0 Å². The van der Waals surface area contributed by atoms with Crippen molar-refractivity contribution in [1.82, 2.24) is 5.34 Å². The van der Waals surface area contributed by atoms with Crippen LogP contribution in [0.2, 0.25) is 0 Å². The Labute approximate surface area is 55.8 Å². The van der Waals surface area contributed by atoms with Crippen molar-refractivity contribution in [3.63, 3.8) is 0 Å². The molecule has 0 fully saturated rings. The predicted octanol–water partition coefficient (Wildman–Crippen LogP) is -0.492. The first kappa shape index (κ1) is 8.90. The molecule has 0 unspecified atom stereocenters. The van der Waals surface area contributed by atoms with Crippen LogP contribution in [0, 0.1) is 0 Å². The Balaban J connectivity index is 3.18. The van der Waals surface area contributed by atoms with Crippen molar-refractivity contribution < 1.29 is 9.31 Å². The molecule has 0 aliphatic carbocycles. The Kier molecular flexibility index (Phi) is 5.97. The Hall–Kier alpha value is -0.0951. The highest BCUT2D eigenvalue weighted by atomic mass is 16.6. The van der Waals surface area contributed by atoms with E-state index in [0.717, 1.165) is 0 Å². The van der Waals surface area contributed by atoms with Gasteiger partial charge in [-0.05, 0) is 13.8 Å². The number of hydrogen-bond acceptors (Lipinski definition) is 4. The summed E-state index contributed by atoms with van der Waals surface area (Å²) in [7, 11) is -0.458. The van der Waals surface area contributed by atoms with Gasteiger partial charge in [0.05, 0.1) is 0 Å². The van der Waals surface area contributed by atoms with Crippen molar-refractivity contribution in [2.45, 2.75) is 13.8 Å². The molecule has 0 bridgehead atoms. The van der Waals surface area contributed by atoms with Gasteiger partial charge < -0.3 is 9.31 Å². The third kappa shape index (κ3) is 4.41. The summed E-state index contributed by atoms with van der Waals surface area (Å²) >= 11 is 0. The van der Waals surface area contributed by atoms with Gasteiger partial charge in [0.15, 0.2) is 0 Å². The van der Waals surface area contributed by atoms with Gasteiger partial charge >= 0.3 is 7.25 Å². The van der Waals surface area contributed by atoms with E-state index >= 15 is 0 Å². The van der Waals surface area contributed by atoms with E-state index in [9.17, 15) is 0 Å². The zero-order chi connectivity index (χ0) is 7.11. The summed E-state index contributed by atoms with van der Waals surface area (Å²) in [4.78, 5) is 0. The molecule has 54 valence electrons. The molecule has 0 radical (unpaired) electrons. The average Bonchev–Trinajstić information content (AvgIpc) is 1.88. The SMILES string of the molecule is CCOB(NN)OCC. The molecule has 0 heterocycles. The van der Waals surface area contributed by atoms with Crippen molar-refractivity contribution in [1.29, 1.82) is 0 Å². The second kappa shape index (κ2) is 6.03. The monoisotopic (exact) mass is 132 g/mol. The van der Waals surface area contributed by atoms with Crippen molar-refractivity contribution in [3.8, 4) is 0 Å². The molecule has 5 heteroatoms. The molecule has 9 heavy (non-hydrogen) atoms. The molecule has 0 aromatic carbocycles. The summed E-state index contributed by atoms with van der Waals surface area (Å²) in [5, 5.41) is 2.36. The van der Waals surface area contributed by atoms with Crippen LogP contribution >= 0.6 is 0 Å². The van der Waals surface area contributed by atoms with Gasteiger partial charge in [-0.1, -0.05) is 0 Å². The van der Waals surface area contributed by atoms with Crippen molar-refractivity contribution >= 4 is 7.25 Å².